The van der Waals surface area contributed by atoms with Crippen LogP contribution in [0.25, 0.3) is 0 Å². The zero-order valence-corrected chi connectivity index (χ0v) is 12.9. The minimum absolute atomic E-state index is 0.281. The zero-order valence-electron chi connectivity index (χ0n) is 12.9. The summed E-state index contributed by atoms with van der Waals surface area (Å²) >= 11 is 0. The number of H-pyrrole nitrogens is 1. The number of aromatic amines is 1. The lowest BCUT2D eigenvalue weighted by atomic mass is 10.1. The van der Waals surface area contributed by atoms with Crippen LogP contribution in [0.3, 0.4) is 0 Å². The summed E-state index contributed by atoms with van der Waals surface area (Å²) in [6.45, 7) is 3.52. The van der Waals surface area contributed by atoms with Crippen LogP contribution >= 0.6 is 0 Å². The summed E-state index contributed by atoms with van der Waals surface area (Å²) in [7, 11) is 0. The smallest absolute Gasteiger partial charge is 0.266 e. The molecule has 1 saturated heterocycles. The first-order valence-electron chi connectivity index (χ1n) is 7.82. The molecule has 24 heavy (non-hydrogen) atoms. The number of pyridine rings is 1. The summed E-state index contributed by atoms with van der Waals surface area (Å²) < 4.78 is 0. The molecule has 2 N–H and O–H groups in total. The average molecular weight is 324 g/mol. The number of nitrogens with zero attached hydrogens (tertiary/aromatic N) is 2. The van der Waals surface area contributed by atoms with Crippen LogP contribution in [0.5, 0.6) is 0 Å². The van der Waals surface area contributed by atoms with E-state index in [9.17, 15) is 14.4 Å². The Balaban J connectivity index is 1.70. The minimum atomic E-state index is -0.367. The van der Waals surface area contributed by atoms with Gasteiger partial charge in [0.05, 0.1) is 16.8 Å². The number of carbonyl (C=O) groups is 2. The van der Waals surface area contributed by atoms with Gasteiger partial charge in [0.25, 0.3) is 11.8 Å². The van der Waals surface area contributed by atoms with Gasteiger partial charge >= 0.3 is 0 Å². The first-order chi connectivity index (χ1) is 11.6. The molecule has 0 bridgehead atoms. The van der Waals surface area contributed by atoms with Crippen LogP contribution < -0.4 is 20.7 Å². The molecule has 1 aromatic carbocycles. The summed E-state index contributed by atoms with van der Waals surface area (Å²) in [5.41, 5.74) is 1.83. The molecule has 0 saturated carbocycles. The third-order valence-corrected chi connectivity index (χ3v) is 4.38. The molecule has 0 aliphatic carbocycles. The summed E-state index contributed by atoms with van der Waals surface area (Å²) in [5.74, 6) is -0.729. The number of nitrogens with one attached hydrogen (secondary N) is 2. The van der Waals surface area contributed by atoms with E-state index >= 15 is 0 Å². The van der Waals surface area contributed by atoms with E-state index < -0.39 is 0 Å². The predicted molar refractivity (Wildman–Crippen MR) is 89.7 cm³/mol. The number of anilines is 2. The van der Waals surface area contributed by atoms with Gasteiger partial charge in [-0.25, -0.2) is 4.90 Å². The fraction of sp³-hybridized carbons (Fsp3) is 0.235. The zero-order chi connectivity index (χ0) is 16.7. The number of hydrogen-bond acceptors (Lipinski definition) is 5. The van der Waals surface area contributed by atoms with E-state index in [4.69, 9.17) is 0 Å². The molecule has 7 nitrogen and oxygen atoms in total. The van der Waals surface area contributed by atoms with Crippen LogP contribution in [0.15, 0.2) is 41.3 Å². The molecule has 2 aliphatic heterocycles. The largest absolute Gasteiger partial charge is 0.369 e. The van der Waals surface area contributed by atoms with Gasteiger partial charge in [-0.15, -0.1) is 0 Å². The van der Waals surface area contributed by atoms with Gasteiger partial charge in [-0.05, 0) is 24.3 Å². The number of imide groups is 1. The summed E-state index contributed by atoms with van der Waals surface area (Å²) in [6.07, 6.45) is 1.38. The quantitative estimate of drug-likeness (QED) is 0.790. The van der Waals surface area contributed by atoms with E-state index in [0.29, 0.717) is 16.8 Å². The Labute approximate surface area is 137 Å². The third kappa shape index (κ3) is 2.30. The first kappa shape index (κ1) is 14.6. The number of benzene rings is 1. The maximum Gasteiger partial charge on any atom is 0.266 e. The second-order valence-electron chi connectivity index (χ2n) is 5.82. The molecule has 3 heterocycles. The number of amides is 2. The van der Waals surface area contributed by atoms with Crippen LogP contribution in [0.1, 0.15) is 20.7 Å². The highest BCUT2D eigenvalue weighted by Gasteiger charge is 2.37. The normalized spacial score (nSPS) is 17.3. The van der Waals surface area contributed by atoms with Gasteiger partial charge in [0.2, 0.25) is 5.56 Å². The molecule has 7 heteroatoms. The van der Waals surface area contributed by atoms with E-state index in [2.05, 4.69) is 15.2 Å². The highest BCUT2D eigenvalue weighted by Crippen LogP contribution is 2.30. The van der Waals surface area contributed by atoms with Crippen molar-refractivity contribution in [3.8, 4) is 0 Å². The molecule has 122 valence electrons. The molecule has 1 fully saturated rings. The molecule has 0 radical (unpaired) electrons. The SMILES string of the molecule is O=C1c2ccc(N3CCNCC3)cc2C(=O)N1c1ccc(=O)[nH]c1. The Morgan fingerprint density at radius 1 is 0.833 bits per heavy atom. The van der Waals surface area contributed by atoms with Gasteiger partial charge in [-0.2, -0.15) is 0 Å². The van der Waals surface area contributed by atoms with Crippen molar-refractivity contribution < 1.29 is 9.59 Å². The Morgan fingerprint density at radius 2 is 1.54 bits per heavy atom. The molecule has 2 aliphatic rings. The van der Waals surface area contributed by atoms with Crippen molar-refractivity contribution in [1.82, 2.24) is 10.3 Å². The number of rotatable bonds is 2. The summed E-state index contributed by atoms with van der Waals surface area (Å²) in [5, 5.41) is 3.29. The second kappa shape index (κ2) is 5.61. The number of carbonyl (C=O) groups excluding carboxylic acids is 2. The van der Waals surface area contributed by atoms with Crippen molar-refractivity contribution in [2.24, 2.45) is 0 Å². The lowest BCUT2D eigenvalue weighted by Gasteiger charge is -2.29. The molecular formula is C17H16N4O3. The molecular weight excluding hydrogens is 308 g/mol. The summed E-state index contributed by atoms with van der Waals surface area (Å²) in [4.78, 5) is 42.2. The summed E-state index contributed by atoms with van der Waals surface area (Å²) in [6, 6.07) is 8.14. The minimum Gasteiger partial charge on any atom is -0.369 e. The van der Waals surface area contributed by atoms with Crippen LogP contribution in [0.2, 0.25) is 0 Å². The molecule has 0 spiro atoms. The van der Waals surface area contributed by atoms with Crippen molar-refractivity contribution in [3.63, 3.8) is 0 Å². The Kier molecular flexibility index (Phi) is 3.42. The lowest BCUT2D eigenvalue weighted by molar-refractivity contribution is 0.0926. The van der Waals surface area contributed by atoms with Crippen LogP contribution in [0, 0.1) is 0 Å². The van der Waals surface area contributed by atoms with Crippen molar-refractivity contribution in [2.45, 2.75) is 0 Å². The molecule has 2 amide bonds. The number of piperazine rings is 1. The molecule has 1 aromatic heterocycles. The van der Waals surface area contributed by atoms with Gasteiger partial charge in [0.1, 0.15) is 0 Å². The van der Waals surface area contributed by atoms with Crippen molar-refractivity contribution >= 4 is 23.2 Å². The maximum atomic E-state index is 12.7. The van der Waals surface area contributed by atoms with Gasteiger partial charge in [0, 0.05) is 44.1 Å². The average Bonchev–Trinajstić information content (AvgIpc) is 2.87. The fourth-order valence-electron chi connectivity index (χ4n) is 3.12. The molecule has 0 atom stereocenters. The number of aromatic nitrogens is 1. The van der Waals surface area contributed by atoms with Crippen molar-refractivity contribution in [1.29, 1.82) is 0 Å². The van der Waals surface area contributed by atoms with Crippen LogP contribution in [0.4, 0.5) is 11.4 Å². The second-order valence-corrected chi connectivity index (χ2v) is 5.82. The molecule has 4 rings (SSSR count). The third-order valence-electron chi connectivity index (χ3n) is 4.38. The standard InChI is InChI=1S/C17H16N4O3/c22-15-4-2-12(10-19-15)21-16(23)13-3-1-11(9-14(13)17(21)24)20-7-5-18-6-8-20/h1-4,9-10,18H,5-8H2,(H,19,22). The first-order valence-corrected chi connectivity index (χ1v) is 7.82. The number of hydrogen-bond donors (Lipinski definition) is 2. The van der Waals surface area contributed by atoms with Crippen LogP contribution in [-0.2, 0) is 0 Å². The highest BCUT2D eigenvalue weighted by molar-refractivity contribution is 6.34. The predicted octanol–water partition coefficient (Wildman–Crippen LogP) is 0.585. The van der Waals surface area contributed by atoms with E-state index in [1.165, 1.54) is 18.3 Å². The monoisotopic (exact) mass is 324 g/mol. The van der Waals surface area contributed by atoms with E-state index in [0.717, 1.165) is 36.8 Å². The van der Waals surface area contributed by atoms with Crippen molar-refractivity contribution in [2.75, 3.05) is 36.0 Å². The van der Waals surface area contributed by atoms with E-state index in [1.807, 2.05) is 6.07 Å². The number of fused-ring (bicyclic) bond motifs is 1. The molecule has 2 aromatic rings. The topological polar surface area (TPSA) is 85.5 Å². The van der Waals surface area contributed by atoms with Crippen LogP contribution in [-0.4, -0.2) is 43.0 Å². The highest BCUT2D eigenvalue weighted by atomic mass is 16.2. The van der Waals surface area contributed by atoms with Gasteiger partial charge in [0.15, 0.2) is 0 Å². The van der Waals surface area contributed by atoms with Gasteiger partial charge in [-0.3, -0.25) is 14.4 Å². The van der Waals surface area contributed by atoms with Crippen molar-refractivity contribution in [3.05, 3.63) is 58.0 Å². The molecule has 0 unspecified atom stereocenters. The van der Waals surface area contributed by atoms with E-state index in [1.54, 1.807) is 12.1 Å². The van der Waals surface area contributed by atoms with Gasteiger partial charge < -0.3 is 15.2 Å². The Morgan fingerprint density at radius 3 is 2.25 bits per heavy atom. The van der Waals surface area contributed by atoms with E-state index in [-0.39, 0.29) is 17.4 Å². The lowest BCUT2D eigenvalue weighted by Crippen LogP contribution is -2.43. The Hall–Kier alpha value is -2.93. The van der Waals surface area contributed by atoms with Gasteiger partial charge in [-0.1, -0.05) is 0 Å². The Bertz CT molecular complexity index is 863. The fourth-order valence-corrected chi connectivity index (χ4v) is 3.12. The maximum absolute atomic E-state index is 12.7.